The molecule has 3 rings (SSSR count). The minimum absolute atomic E-state index is 0.00597. The molecule has 2 aromatic rings. The van der Waals surface area contributed by atoms with Crippen LogP contribution in [0.15, 0.2) is 24.3 Å². The number of amides is 2. The van der Waals surface area contributed by atoms with Gasteiger partial charge in [0.2, 0.25) is 10.9 Å². The van der Waals surface area contributed by atoms with Gasteiger partial charge in [-0.05, 0) is 62.5 Å². The fraction of sp³-hybridized carbons (Fsp3) is 0.545. The first-order valence-corrected chi connectivity index (χ1v) is 11.6. The molecule has 31 heavy (non-hydrogen) atoms. The molecule has 0 bridgehead atoms. The van der Waals surface area contributed by atoms with Crippen molar-refractivity contribution < 1.29 is 14.3 Å². The lowest BCUT2D eigenvalue weighted by molar-refractivity contribution is -0.121. The Labute approximate surface area is 187 Å². The lowest BCUT2D eigenvalue weighted by atomic mass is 10.0. The van der Waals surface area contributed by atoms with Crippen molar-refractivity contribution >= 4 is 28.8 Å². The summed E-state index contributed by atoms with van der Waals surface area (Å²) in [4.78, 5) is 26.9. The number of benzene rings is 1. The molecule has 1 saturated heterocycles. The van der Waals surface area contributed by atoms with Gasteiger partial charge >= 0.3 is 0 Å². The Morgan fingerprint density at radius 3 is 2.81 bits per heavy atom. The third kappa shape index (κ3) is 7.59. The average Bonchev–Trinajstić information content (AvgIpc) is 3.25. The van der Waals surface area contributed by atoms with Crippen LogP contribution < -0.4 is 15.4 Å². The third-order valence-electron chi connectivity index (χ3n) is 5.29. The van der Waals surface area contributed by atoms with Crippen molar-refractivity contribution in [2.24, 2.45) is 5.92 Å². The predicted octanol–water partition coefficient (Wildman–Crippen LogP) is 2.97. The zero-order valence-corrected chi connectivity index (χ0v) is 19.0. The fourth-order valence-electron chi connectivity index (χ4n) is 3.63. The molecule has 0 aliphatic carbocycles. The summed E-state index contributed by atoms with van der Waals surface area (Å²) in [6, 6.07) is 7.06. The van der Waals surface area contributed by atoms with Crippen LogP contribution in [0.25, 0.3) is 0 Å². The first kappa shape index (κ1) is 23.1. The molecule has 2 amide bonds. The molecule has 1 fully saturated rings. The first-order valence-electron chi connectivity index (χ1n) is 10.8. The van der Waals surface area contributed by atoms with Crippen LogP contribution in [0.1, 0.15) is 47.4 Å². The Morgan fingerprint density at radius 2 is 2.06 bits per heavy atom. The number of aryl methyl sites for hydroxylation is 1. The van der Waals surface area contributed by atoms with Gasteiger partial charge in [-0.15, -0.1) is 10.2 Å². The lowest BCUT2D eigenvalue weighted by Crippen LogP contribution is -2.36. The third-order valence-corrected chi connectivity index (χ3v) is 6.27. The Morgan fingerprint density at radius 1 is 1.26 bits per heavy atom. The Hall–Kier alpha value is -2.52. The zero-order valence-electron chi connectivity index (χ0n) is 18.2. The quantitative estimate of drug-likeness (QED) is 0.546. The van der Waals surface area contributed by atoms with Crippen molar-refractivity contribution in [2.75, 3.05) is 38.6 Å². The van der Waals surface area contributed by atoms with Crippen molar-refractivity contribution in [3.8, 4) is 5.75 Å². The number of hydrogen-bond donors (Lipinski definition) is 2. The molecule has 0 radical (unpaired) electrons. The normalized spacial score (nSPS) is 16.6. The predicted molar refractivity (Wildman–Crippen MR) is 122 cm³/mol. The standard InChI is InChI=1S/C22H31N5O3S/c1-16-5-3-13-27(15-16)14-4-12-23-19(28)10-11-20-25-26-22(31-20)21(29)24-17-6-8-18(30-2)9-7-17/h6-9,16H,3-5,10-15H2,1-2H3,(H,23,28)(H,24,29). The summed E-state index contributed by atoms with van der Waals surface area (Å²) in [7, 11) is 1.59. The number of methoxy groups -OCH3 is 1. The zero-order chi connectivity index (χ0) is 22.1. The van der Waals surface area contributed by atoms with E-state index in [-0.39, 0.29) is 16.8 Å². The van der Waals surface area contributed by atoms with Crippen molar-refractivity contribution in [1.82, 2.24) is 20.4 Å². The van der Waals surface area contributed by atoms with Crippen molar-refractivity contribution in [3.05, 3.63) is 34.3 Å². The maximum atomic E-state index is 12.3. The van der Waals surface area contributed by atoms with Gasteiger partial charge in [0.1, 0.15) is 10.8 Å². The van der Waals surface area contributed by atoms with E-state index in [2.05, 4.69) is 32.7 Å². The number of aromatic nitrogens is 2. The number of anilines is 1. The highest BCUT2D eigenvalue weighted by molar-refractivity contribution is 7.13. The second-order valence-electron chi connectivity index (χ2n) is 7.94. The molecule has 1 unspecified atom stereocenters. The summed E-state index contributed by atoms with van der Waals surface area (Å²) in [6.45, 7) is 6.36. The molecular weight excluding hydrogens is 414 g/mol. The van der Waals surface area contributed by atoms with Crippen LogP contribution in [0.3, 0.4) is 0 Å². The molecular formula is C22H31N5O3S. The highest BCUT2D eigenvalue weighted by Gasteiger charge is 2.16. The van der Waals surface area contributed by atoms with E-state index in [0.717, 1.165) is 24.6 Å². The summed E-state index contributed by atoms with van der Waals surface area (Å²) in [5.74, 6) is 1.19. The van der Waals surface area contributed by atoms with Crippen LogP contribution in [0.2, 0.25) is 0 Å². The summed E-state index contributed by atoms with van der Waals surface area (Å²) in [5, 5.41) is 14.7. The number of rotatable bonds is 10. The van der Waals surface area contributed by atoms with Crippen LogP contribution in [-0.4, -0.2) is 60.2 Å². The molecule has 0 saturated carbocycles. The van der Waals surface area contributed by atoms with E-state index in [0.29, 0.717) is 30.1 Å². The SMILES string of the molecule is COc1ccc(NC(=O)c2nnc(CCC(=O)NCCCN3CCCC(C)C3)s2)cc1. The molecule has 1 aromatic carbocycles. The molecule has 9 heteroatoms. The van der Waals surface area contributed by atoms with E-state index in [1.807, 2.05) is 0 Å². The van der Waals surface area contributed by atoms with E-state index in [1.54, 1.807) is 31.4 Å². The first-order chi connectivity index (χ1) is 15.0. The summed E-state index contributed by atoms with van der Waals surface area (Å²) < 4.78 is 5.10. The molecule has 2 heterocycles. The second kappa shape index (κ2) is 11.8. The highest BCUT2D eigenvalue weighted by atomic mass is 32.1. The van der Waals surface area contributed by atoms with Gasteiger partial charge in [-0.1, -0.05) is 18.3 Å². The topological polar surface area (TPSA) is 96.5 Å². The number of nitrogens with one attached hydrogen (secondary N) is 2. The van der Waals surface area contributed by atoms with E-state index >= 15 is 0 Å². The maximum absolute atomic E-state index is 12.3. The number of carbonyl (C=O) groups is 2. The Balaban J connectivity index is 1.34. The van der Waals surface area contributed by atoms with Gasteiger partial charge in [0, 0.05) is 31.6 Å². The molecule has 1 aromatic heterocycles. The van der Waals surface area contributed by atoms with Gasteiger partial charge in [-0.3, -0.25) is 9.59 Å². The number of nitrogens with zero attached hydrogens (tertiary/aromatic N) is 3. The second-order valence-corrected chi connectivity index (χ2v) is 9.00. The summed E-state index contributed by atoms with van der Waals surface area (Å²) in [5.41, 5.74) is 0.654. The molecule has 1 aliphatic heterocycles. The van der Waals surface area contributed by atoms with Gasteiger partial charge in [-0.25, -0.2) is 0 Å². The average molecular weight is 446 g/mol. The summed E-state index contributed by atoms with van der Waals surface area (Å²) >= 11 is 1.21. The molecule has 1 atom stereocenters. The molecule has 8 nitrogen and oxygen atoms in total. The Kier molecular flexibility index (Phi) is 8.78. The van der Waals surface area contributed by atoms with Crippen LogP contribution in [-0.2, 0) is 11.2 Å². The fourth-order valence-corrected chi connectivity index (χ4v) is 4.37. The van der Waals surface area contributed by atoms with Gasteiger partial charge in [0.05, 0.1) is 7.11 Å². The minimum Gasteiger partial charge on any atom is -0.497 e. The van der Waals surface area contributed by atoms with E-state index < -0.39 is 0 Å². The summed E-state index contributed by atoms with van der Waals surface area (Å²) in [6.07, 6.45) is 4.38. The van der Waals surface area contributed by atoms with Gasteiger partial charge in [0.25, 0.3) is 5.91 Å². The van der Waals surface area contributed by atoms with Gasteiger partial charge in [0.15, 0.2) is 0 Å². The van der Waals surface area contributed by atoms with Gasteiger partial charge in [-0.2, -0.15) is 0 Å². The van der Waals surface area contributed by atoms with Crippen LogP contribution >= 0.6 is 11.3 Å². The van der Waals surface area contributed by atoms with Crippen molar-refractivity contribution in [3.63, 3.8) is 0 Å². The Bertz CT molecular complexity index is 855. The van der Waals surface area contributed by atoms with Crippen LogP contribution in [0.5, 0.6) is 5.75 Å². The number of piperidine rings is 1. The van der Waals surface area contributed by atoms with Gasteiger partial charge < -0.3 is 20.3 Å². The van der Waals surface area contributed by atoms with E-state index in [1.165, 1.54) is 37.3 Å². The molecule has 2 N–H and O–H groups in total. The number of carbonyl (C=O) groups excluding carboxylic acids is 2. The number of hydrogen-bond acceptors (Lipinski definition) is 7. The van der Waals surface area contributed by atoms with E-state index in [9.17, 15) is 9.59 Å². The number of likely N-dealkylation sites (tertiary alicyclic amines) is 1. The van der Waals surface area contributed by atoms with Crippen molar-refractivity contribution in [2.45, 2.75) is 39.0 Å². The number of ether oxygens (including phenoxy) is 1. The molecule has 0 spiro atoms. The lowest BCUT2D eigenvalue weighted by Gasteiger charge is -2.30. The monoisotopic (exact) mass is 445 g/mol. The minimum atomic E-state index is -0.314. The van der Waals surface area contributed by atoms with Crippen LogP contribution in [0.4, 0.5) is 5.69 Å². The van der Waals surface area contributed by atoms with Crippen molar-refractivity contribution in [1.29, 1.82) is 0 Å². The highest BCUT2D eigenvalue weighted by Crippen LogP contribution is 2.18. The van der Waals surface area contributed by atoms with E-state index in [4.69, 9.17) is 4.74 Å². The molecule has 168 valence electrons. The largest absolute Gasteiger partial charge is 0.497 e. The smallest absolute Gasteiger partial charge is 0.286 e. The van der Waals surface area contributed by atoms with Crippen LogP contribution in [0, 0.1) is 5.92 Å². The maximum Gasteiger partial charge on any atom is 0.286 e. The molecule has 1 aliphatic rings.